The van der Waals surface area contributed by atoms with Gasteiger partial charge in [-0.2, -0.15) is 0 Å². The summed E-state index contributed by atoms with van der Waals surface area (Å²) in [4.78, 5) is 0. The highest BCUT2D eigenvalue weighted by atomic mass is 35.5. The minimum Gasteiger partial charge on any atom is -0.455 e. The molecule has 0 heterocycles. The van der Waals surface area contributed by atoms with Crippen LogP contribution in [0.5, 0.6) is 11.5 Å². The molecule has 0 aliphatic heterocycles. The summed E-state index contributed by atoms with van der Waals surface area (Å²) in [5, 5.41) is 12.8. The van der Waals surface area contributed by atoms with E-state index in [1.54, 1.807) is 30.3 Å². The highest BCUT2D eigenvalue weighted by Crippen LogP contribution is 2.36. The SMILES string of the molecule is NC(=NO)c1ccc(Cl)cc1Oc1cccc(Cl)c1Cl. The molecule has 0 saturated carbocycles. The fourth-order valence-corrected chi connectivity index (χ4v) is 2.02. The molecular weight excluding hydrogens is 323 g/mol. The van der Waals surface area contributed by atoms with Crippen molar-refractivity contribution in [2.75, 3.05) is 0 Å². The summed E-state index contributed by atoms with van der Waals surface area (Å²) in [6.45, 7) is 0. The van der Waals surface area contributed by atoms with Crippen LogP contribution in [-0.4, -0.2) is 11.0 Å². The van der Waals surface area contributed by atoms with Gasteiger partial charge in [0.25, 0.3) is 0 Å². The Morgan fingerprint density at radius 1 is 1.10 bits per heavy atom. The molecule has 7 heteroatoms. The molecule has 0 fully saturated rings. The Bertz CT molecular complexity index is 675. The molecule has 2 rings (SSSR count). The van der Waals surface area contributed by atoms with Gasteiger partial charge in [0.15, 0.2) is 5.84 Å². The zero-order valence-corrected chi connectivity index (χ0v) is 12.2. The predicted octanol–water partition coefficient (Wildman–Crippen LogP) is 4.53. The average molecular weight is 332 g/mol. The van der Waals surface area contributed by atoms with Gasteiger partial charge in [0, 0.05) is 11.1 Å². The molecule has 0 aliphatic carbocycles. The van der Waals surface area contributed by atoms with Gasteiger partial charge >= 0.3 is 0 Å². The summed E-state index contributed by atoms with van der Waals surface area (Å²) in [6.07, 6.45) is 0. The third-order valence-electron chi connectivity index (χ3n) is 2.46. The molecule has 0 aromatic heterocycles. The number of nitrogens with two attached hydrogens (primary N) is 1. The van der Waals surface area contributed by atoms with E-state index >= 15 is 0 Å². The van der Waals surface area contributed by atoms with Crippen LogP contribution in [0, 0.1) is 0 Å². The zero-order valence-electron chi connectivity index (χ0n) is 9.98. The molecule has 2 aromatic carbocycles. The van der Waals surface area contributed by atoms with Crippen LogP contribution in [0.2, 0.25) is 15.1 Å². The standard InChI is InChI=1S/C13H9Cl3N2O2/c14-7-4-5-8(13(17)18-19)11(6-7)20-10-3-1-2-9(15)12(10)16/h1-6,19H,(H2,17,18). The van der Waals surface area contributed by atoms with Crippen molar-refractivity contribution in [2.24, 2.45) is 10.9 Å². The van der Waals surface area contributed by atoms with Crippen molar-refractivity contribution in [1.82, 2.24) is 0 Å². The first kappa shape index (κ1) is 14.8. The molecule has 0 bridgehead atoms. The van der Waals surface area contributed by atoms with E-state index in [2.05, 4.69) is 5.16 Å². The second kappa shape index (κ2) is 6.22. The number of hydrogen-bond donors (Lipinski definition) is 2. The second-order valence-electron chi connectivity index (χ2n) is 3.78. The first-order valence-electron chi connectivity index (χ1n) is 5.42. The monoisotopic (exact) mass is 330 g/mol. The predicted molar refractivity (Wildman–Crippen MR) is 80.5 cm³/mol. The lowest BCUT2D eigenvalue weighted by Crippen LogP contribution is -2.14. The molecule has 3 N–H and O–H groups in total. The number of rotatable bonds is 3. The van der Waals surface area contributed by atoms with E-state index in [1.165, 1.54) is 6.07 Å². The van der Waals surface area contributed by atoms with Crippen molar-refractivity contribution in [3.63, 3.8) is 0 Å². The van der Waals surface area contributed by atoms with Crippen LogP contribution in [0.25, 0.3) is 0 Å². The Labute approximate surface area is 130 Å². The van der Waals surface area contributed by atoms with Gasteiger partial charge in [0.05, 0.1) is 10.6 Å². The number of benzene rings is 2. The second-order valence-corrected chi connectivity index (χ2v) is 5.00. The van der Waals surface area contributed by atoms with Crippen molar-refractivity contribution in [3.8, 4) is 11.5 Å². The van der Waals surface area contributed by atoms with E-state index in [4.69, 9.17) is 50.5 Å². The molecule has 20 heavy (non-hydrogen) atoms. The molecule has 0 radical (unpaired) electrons. The number of nitrogens with zero attached hydrogens (tertiary/aromatic N) is 1. The van der Waals surface area contributed by atoms with Crippen LogP contribution in [0.1, 0.15) is 5.56 Å². The lowest BCUT2D eigenvalue weighted by atomic mass is 10.2. The van der Waals surface area contributed by atoms with Crippen LogP contribution in [0.3, 0.4) is 0 Å². The lowest BCUT2D eigenvalue weighted by Gasteiger charge is -2.12. The van der Waals surface area contributed by atoms with Gasteiger partial charge in [-0.05, 0) is 24.3 Å². The molecule has 4 nitrogen and oxygen atoms in total. The Balaban J connectivity index is 2.47. The van der Waals surface area contributed by atoms with E-state index in [0.29, 0.717) is 27.1 Å². The molecule has 0 saturated heterocycles. The van der Waals surface area contributed by atoms with E-state index in [1.807, 2.05) is 0 Å². The van der Waals surface area contributed by atoms with Crippen LogP contribution in [0.4, 0.5) is 0 Å². The summed E-state index contributed by atoms with van der Waals surface area (Å²) < 4.78 is 5.65. The Hall–Kier alpha value is -1.62. The summed E-state index contributed by atoms with van der Waals surface area (Å²) in [7, 11) is 0. The topological polar surface area (TPSA) is 67.8 Å². The normalized spacial score (nSPS) is 11.4. The maximum atomic E-state index is 8.77. The number of amidine groups is 1. The molecule has 0 atom stereocenters. The summed E-state index contributed by atoms with van der Waals surface area (Å²) in [6, 6.07) is 9.68. The zero-order chi connectivity index (χ0) is 14.7. The fourth-order valence-electron chi connectivity index (χ4n) is 1.53. The largest absolute Gasteiger partial charge is 0.455 e. The Kier molecular flexibility index (Phi) is 4.60. The summed E-state index contributed by atoms with van der Waals surface area (Å²) in [5.74, 6) is 0.542. The van der Waals surface area contributed by atoms with Crippen LogP contribution in [0.15, 0.2) is 41.6 Å². The Morgan fingerprint density at radius 2 is 1.85 bits per heavy atom. The van der Waals surface area contributed by atoms with Crippen LogP contribution < -0.4 is 10.5 Å². The first-order valence-corrected chi connectivity index (χ1v) is 6.55. The van der Waals surface area contributed by atoms with E-state index in [0.717, 1.165) is 0 Å². The summed E-state index contributed by atoms with van der Waals surface area (Å²) in [5.41, 5.74) is 5.97. The summed E-state index contributed by atoms with van der Waals surface area (Å²) >= 11 is 17.9. The Morgan fingerprint density at radius 3 is 2.55 bits per heavy atom. The minimum atomic E-state index is -0.102. The van der Waals surface area contributed by atoms with Crippen molar-refractivity contribution >= 4 is 40.6 Å². The quantitative estimate of drug-likeness (QED) is 0.376. The maximum Gasteiger partial charge on any atom is 0.173 e. The van der Waals surface area contributed by atoms with E-state index in [9.17, 15) is 0 Å². The number of oxime groups is 1. The first-order chi connectivity index (χ1) is 9.52. The highest BCUT2D eigenvalue weighted by Gasteiger charge is 2.13. The van der Waals surface area contributed by atoms with Crippen LogP contribution in [-0.2, 0) is 0 Å². The van der Waals surface area contributed by atoms with E-state index in [-0.39, 0.29) is 10.9 Å². The van der Waals surface area contributed by atoms with Gasteiger partial charge < -0.3 is 15.7 Å². The molecule has 0 spiro atoms. The van der Waals surface area contributed by atoms with Gasteiger partial charge in [0.2, 0.25) is 0 Å². The number of ether oxygens (including phenoxy) is 1. The number of halogens is 3. The molecular formula is C13H9Cl3N2O2. The van der Waals surface area contributed by atoms with Crippen LogP contribution >= 0.6 is 34.8 Å². The average Bonchev–Trinajstić information content (AvgIpc) is 2.43. The molecule has 2 aromatic rings. The lowest BCUT2D eigenvalue weighted by molar-refractivity contribution is 0.318. The van der Waals surface area contributed by atoms with Gasteiger partial charge in [-0.15, -0.1) is 0 Å². The van der Waals surface area contributed by atoms with Crippen molar-refractivity contribution in [2.45, 2.75) is 0 Å². The van der Waals surface area contributed by atoms with Gasteiger partial charge in [0.1, 0.15) is 16.5 Å². The van der Waals surface area contributed by atoms with Gasteiger partial charge in [-0.25, -0.2) is 0 Å². The number of hydrogen-bond acceptors (Lipinski definition) is 3. The third-order valence-corrected chi connectivity index (χ3v) is 3.50. The fraction of sp³-hybridized carbons (Fsp3) is 0. The minimum absolute atomic E-state index is 0.102. The van der Waals surface area contributed by atoms with Gasteiger partial charge in [-0.3, -0.25) is 0 Å². The molecule has 0 unspecified atom stereocenters. The van der Waals surface area contributed by atoms with Crippen molar-refractivity contribution in [1.29, 1.82) is 0 Å². The highest BCUT2D eigenvalue weighted by molar-refractivity contribution is 6.42. The molecule has 0 aliphatic rings. The molecule has 104 valence electrons. The maximum absolute atomic E-state index is 8.77. The smallest absolute Gasteiger partial charge is 0.173 e. The van der Waals surface area contributed by atoms with Crippen molar-refractivity contribution < 1.29 is 9.94 Å². The van der Waals surface area contributed by atoms with E-state index < -0.39 is 0 Å². The van der Waals surface area contributed by atoms with Crippen molar-refractivity contribution in [3.05, 3.63) is 57.0 Å². The third kappa shape index (κ3) is 3.10. The van der Waals surface area contributed by atoms with Gasteiger partial charge in [-0.1, -0.05) is 46.0 Å². The molecule has 0 amide bonds.